The fraction of sp³-hybridized carbons (Fsp3) is 0.900. The molecule has 1 unspecified atom stereocenters. The molecular formula is C10H23N3O3S. The van der Waals surface area contributed by atoms with Crippen molar-refractivity contribution in [3.63, 3.8) is 0 Å². The minimum Gasteiger partial charge on any atom is -0.355 e. The molecule has 0 aromatic heterocycles. The third-order valence-electron chi connectivity index (χ3n) is 2.34. The summed E-state index contributed by atoms with van der Waals surface area (Å²) >= 11 is 0. The van der Waals surface area contributed by atoms with Gasteiger partial charge in [0, 0.05) is 19.5 Å². The molecule has 6 nitrogen and oxygen atoms in total. The first-order chi connectivity index (χ1) is 7.85. The van der Waals surface area contributed by atoms with E-state index in [1.54, 1.807) is 0 Å². The van der Waals surface area contributed by atoms with Gasteiger partial charge in [0.1, 0.15) is 0 Å². The average Bonchev–Trinajstić information content (AvgIpc) is 2.21. The highest BCUT2D eigenvalue weighted by Gasteiger charge is 2.06. The van der Waals surface area contributed by atoms with Crippen molar-refractivity contribution in [3.05, 3.63) is 0 Å². The first-order valence-corrected chi connectivity index (χ1v) is 7.65. The van der Waals surface area contributed by atoms with Gasteiger partial charge in [0.2, 0.25) is 15.9 Å². The molecule has 1 atom stereocenters. The van der Waals surface area contributed by atoms with Crippen molar-refractivity contribution in [2.24, 2.45) is 11.7 Å². The molecule has 0 fully saturated rings. The summed E-state index contributed by atoms with van der Waals surface area (Å²) in [7, 11) is -3.17. The van der Waals surface area contributed by atoms with Gasteiger partial charge in [0.05, 0.1) is 6.26 Å². The highest BCUT2D eigenvalue weighted by Crippen LogP contribution is 2.08. The maximum atomic E-state index is 11.4. The molecule has 0 aliphatic carbocycles. The quantitative estimate of drug-likeness (QED) is 0.485. The molecule has 0 spiro atoms. The van der Waals surface area contributed by atoms with Crippen molar-refractivity contribution in [2.45, 2.75) is 26.2 Å². The molecule has 0 aromatic carbocycles. The number of rotatable bonds is 9. The highest BCUT2D eigenvalue weighted by molar-refractivity contribution is 7.88. The zero-order valence-electron chi connectivity index (χ0n) is 10.5. The summed E-state index contributed by atoms with van der Waals surface area (Å²) < 4.78 is 23.8. The zero-order chi connectivity index (χ0) is 13.3. The van der Waals surface area contributed by atoms with E-state index >= 15 is 0 Å². The highest BCUT2D eigenvalue weighted by atomic mass is 32.2. The van der Waals surface area contributed by atoms with Gasteiger partial charge in [-0.2, -0.15) is 0 Å². The van der Waals surface area contributed by atoms with Gasteiger partial charge in [-0.05, 0) is 25.3 Å². The molecule has 0 bridgehead atoms. The lowest BCUT2D eigenvalue weighted by molar-refractivity contribution is -0.121. The SMILES string of the molecule is CC(CCN)CCC(=O)NCCNS(C)(=O)=O. The lowest BCUT2D eigenvalue weighted by atomic mass is 10.0. The van der Waals surface area contributed by atoms with Crippen molar-refractivity contribution in [2.75, 3.05) is 25.9 Å². The standard InChI is InChI=1S/C10H23N3O3S/c1-9(5-6-11)3-4-10(14)12-7-8-13-17(2,15)16/h9,13H,3-8,11H2,1-2H3,(H,12,14). The Hall–Kier alpha value is -0.660. The molecule has 0 saturated carbocycles. The van der Waals surface area contributed by atoms with Gasteiger partial charge in [-0.25, -0.2) is 13.1 Å². The van der Waals surface area contributed by atoms with Crippen LogP contribution in [0.25, 0.3) is 0 Å². The van der Waals surface area contributed by atoms with Crippen molar-refractivity contribution >= 4 is 15.9 Å². The molecule has 0 heterocycles. The minimum absolute atomic E-state index is 0.0517. The van der Waals surface area contributed by atoms with Gasteiger partial charge >= 0.3 is 0 Å². The largest absolute Gasteiger partial charge is 0.355 e. The van der Waals surface area contributed by atoms with Crippen LogP contribution in [0.3, 0.4) is 0 Å². The fourth-order valence-corrected chi connectivity index (χ4v) is 1.81. The maximum absolute atomic E-state index is 11.4. The monoisotopic (exact) mass is 265 g/mol. The minimum atomic E-state index is -3.17. The molecule has 0 rings (SSSR count). The summed E-state index contributed by atoms with van der Waals surface area (Å²) in [6.45, 7) is 3.24. The lowest BCUT2D eigenvalue weighted by Crippen LogP contribution is -2.34. The Morgan fingerprint density at radius 1 is 1.29 bits per heavy atom. The van der Waals surface area contributed by atoms with Crippen molar-refractivity contribution < 1.29 is 13.2 Å². The van der Waals surface area contributed by atoms with E-state index in [9.17, 15) is 13.2 Å². The second-order valence-corrected chi connectivity index (χ2v) is 6.07. The van der Waals surface area contributed by atoms with Crippen LogP contribution in [0.5, 0.6) is 0 Å². The van der Waals surface area contributed by atoms with Crippen LogP contribution in [-0.4, -0.2) is 40.2 Å². The molecule has 4 N–H and O–H groups in total. The number of hydrogen-bond acceptors (Lipinski definition) is 4. The Kier molecular flexibility index (Phi) is 8.11. The Morgan fingerprint density at radius 2 is 1.94 bits per heavy atom. The molecular weight excluding hydrogens is 242 g/mol. The van der Waals surface area contributed by atoms with Crippen LogP contribution in [0.15, 0.2) is 0 Å². The summed E-state index contributed by atoms with van der Waals surface area (Å²) in [5.74, 6) is 0.393. The molecule has 102 valence electrons. The Morgan fingerprint density at radius 3 is 2.47 bits per heavy atom. The summed E-state index contributed by atoms with van der Waals surface area (Å²) in [4.78, 5) is 11.4. The Bertz CT molecular complexity index is 317. The molecule has 0 aromatic rings. The van der Waals surface area contributed by atoms with Crippen LogP contribution in [0.2, 0.25) is 0 Å². The van der Waals surface area contributed by atoms with Crippen LogP contribution in [0, 0.1) is 5.92 Å². The smallest absolute Gasteiger partial charge is 0.220 e. The molecule has 1 amide bonds. The van der Waals surface area contributed by atoms with Gasteiger partial charge in [-0.3, -0.25) is 4.79 Å². The number of hydrogen-bond donors (Lipinski definition) is 3. The number of amides is 1. The number of carbonyl (C=O) groups is 1. The van der Waals surface area contributed by atoms with Gasteiger partial charge in [-0.1, -0.05) is 6.92 Å². The van der Waals surface area contributed by atoms with Gasteiger partial charge in [0.15, 0.2) is 0 Å². The van der Waals surface area contributed by atoms with E-state index in [-0.39, 0.29) is 12.5 Å². The average molecular weight is 265 g/mol. The van der Waals surface area contributed by atoms with E-state index in [1.165, 1.54) is 0 Å². The summed E-state index contributed by atoms with van der Waals surface area (Å²) in [6, 6.07) is 0. The van der Waals surface area contributed by atoms with E-state index in [4.69, 9.17) is 5.73 Å². The molecule has 0 radical (unpaired) electrons. The lowest BCUT2D eigenvalue weighted by Gasteiger charge is -2.09. The summed E-state index contributed by atoms with van der Waals surface area (Å²) in [5, 5.41) is 2.66. The maximum Gasteiger partial charge on any atom is 0.220 e. The molecule has 7 heteroatoms. The summed E-state index contributed by atoms with van der Waals surface area (Å²) in [6.07, 6.45) is 3.27. The zero-order valence-corrected chi connectivity index (χ0v) is 11.3. The van der Waals surface area contributed by atoms with Gasteiger partial charge in [-0.15, -0.1) is 0 Å². The van der Waals surface area contributed by atoms with E-state index in [1.807, 2.05) is 0 Å². The normalized spacial score (nSPS) is 13.4. The Balaban J connectivity index is 3.54. The summed E-state index contributed by atoms with van der Waals surface area (Å²) in [5.41, 5.74) is 5.41. The van der Waals surface area contributed by atoms with Crippen LogP contribution < -0.4 is 15.8 Å². The van der Waals surface area contributed by atoms with E-state index in [2.05, 4.69) is 17.0 Å². The molecule has 0 aliphatic heterocycles. The first kappa shape index (κ1) is 16.3. The second kappa shape index (κ2) is 8.43. The predicted octanol–water partition coefficient (Wildman–Crippen LogP) is -0.583. The van der Waals surface area contributed by atoms with Crippen LogP contribution in [0.1, 0.15) is 26.2 Å². The van der Waals surface area contributed by atoms with Crippen LogP contribution in [-0.2, 0) is 14.8 Å². The fourth-order valence-electron chi connectivity index (χ4n) is 1.33. The Labute approximate surface area is 103 Å². The van der Waals surface area contributed by atoms with E-state index in [0.29, 0.717) is 25.4 Å². The number of nitrogens with one attached hydrogen (secondary N) is 2. The van der Waals surface area contributed by atoms with Crippen molar-refractivity contribution in [3.8, 4) is 0 Å². The first-order valence-electron chi connectivity index (χ1n) is 5.76. The van der Waals surface area contributed by atoms with Gasteiger partial charge in [0.25, 0.3) is 0 Å². The third kappa shape index (κ3) is 11.6. The molecule has 0 saturated heterocycles. The van der Waals surface area contributed by atoms with Crippen molar-refractivity contribution in [1.29, 1.82) is 0 Å². The van der Waals surface area contributed by atoms with Crippen LogP contribution in [0.4, 0.5) is 0 Å². The molecule has 17 heavy (non-hydrogen) atoms. The van der Waals surface area contributed by atoms with Crippen LogP contribution >= 0.6 is 0 Å². The van der Waals surface area contributed by atoms with Crippen molar-refractivity contribution in [1.82, 2.24) is 10.0 Å². The van der Waals surface area contributed by atoms with E-state index in [0.717, 1.165) is 19.1 Å². The number of nitrogens with two attached hydrogens (primary N) is 1. The van der Waals surface area contributed by atoms with Gasteiger partial charge < -0.3 is 11.1 Å². The molecule has 0 aliphatic rings. The number of carbonyl (C=O) groups excluding carboxylic acids is 1. The third-order valence-corrected chi connectivity index (χ3v) is 3.06. The predicted molar refractivity (Wildman–Crippen MR) is 67.9 cm³/mol. The second-order valence-electron chi connectivity index (χ2n) is 4.24. The number of sulfonamides is 1. The topological polar surface area (TPSA) is 101 Å². The van der Waals surface area contributed by atoms with E-state index < -0.39 is 10.0 Å².